The zero-order chi connectivity index (χ0) is 20.1. The van der Waals surface area contributed by atoms with E-state index in [9.17, 15) is 14.4 Å². The van der Waals surface area contributed by atoms with Gasteiger partial charge in [0.1, 0.15) is 6.04 Å². The third-order valence-corrected chi connectivity index (χ3v) is 4.54. The quantitative estimate of drug-likeness (QED) is 0.459. The summed E-state index contributed by atoms with van der Waals surface area (Å²) in [6, 6.07) is 4.05. The molecule has 0 radical (unpaired) electrons. The van der Waals surface area contributed by atoms with Crippen LogP contribution in [0.3, 0.4) is 0 Å². The van der Waals surface area contributed by atoms with E-state index in [2.05, 4.69) is 10.6 Å². The van der Waals surface area contributed by atoms with Gasteiger partial charge in [0.25, 0.3) is 5.91 Å². The molecule has 10 heteroatoms. The highest BCUT2D eigenvalue weighted by molar-refractivity contribution is 6.04. The molecule has 3 rings (SSSR count). The van der Waals surface area contributed by atoms with Crippen LogP contribution in [0, 0.1) is 0 Å². The average molecular weight is 393 g/mol. The van der Waals surface area contributed by atoms with Crippen molar-refractivity contribution in [1.29, 1.82) is 0 Å². The molecule has 1 aromatic rings. The molecule has 0 aromatic heterocycles. The molecular formula is C18H23N3O7. The van der Waals surface area contributed by atoms with Crippen LogP contribution in [0.5, 0.6) is 11.5 Å². The van der Waals surface area contributed by atoms with Crippen LogP contribution in [0.2, 0.25) is 0 Å². The molecule has 2 aliphatic rings. The van der Waals surface area contributed by atoms with Crippen LogP contribution in [0.1, 0.15) is 18.4 Å². The maximum absolute atomic E-state index is 12.5. The smallest absolute Gasteiger partial charge is 0.325 e. The van der Waals surface area contributed by atoms with E-state index in [0.717, 1.165) is 10.5 Å². The summed E-state index contributed by atoms with van der Waals surface area (Å²) in [6.45, 7) is 0.474. The van der Waals surface area contributed by atoms with E-state index in [4.69, 9.17) is 18.9 Å². The number of carbonyl (C=O) groups excluding carboxylic acids is 3. The number of carbonyl (C=O) groups is 3. The molecule has 0 saturated carbocycles. The van der Waals surface area contributed by atoms with E-state index >= 15 is 0 Å². The van der Waals surface area contributed by atoms with Crippen LogP contribution >= 0.6 is 0 Å². The molecule has 1 saturated heterocycles. The largest absolute Gasteiger partial charge is 0.454 e. The van der Waals surface area contributed by atoms with Crippen molar-refractivity contribution in [2.24, 2.45) is 0 Å². The Balaban J connectivity index is 1.50. The van der Waals surface area contributed by atoms with Gasteiger partial charge >= 0.3 is 6.03 Å². The number of nitrogens with zero attached hydrogens (tertiary/aromatic N) is 1. The summed E-state index contributed by atoms with van der Waals surface area (Å²) in [5.41, 5.74) is 0.747. The molecule has 2 heterocycles. The number of imide groups is 1. The van der Waals surface area contributed by atoms with Crippen LogP contribution in [0.15, 0.2) is 18.2 Å². The van der Waals surface area contributed by atoms with Gasteiger partial charge in [-0.15, -0.1) is 0 Å². The molecule has 2 aliphatic heterocycles. The van der Waals surface area contributed by atoms with Gasteiger partial charge in [-0.1, -0.05) is 6.07 Å². The monoisotopic (exact) mass is 393 g/mol. The molecule has 0 bridgehead atoms. The molecular weight excluding hydrogens is 370 g/mol. The first-order valence-corrected chi connectivity index (χ1v) is 8.84. The van der Waals surface area contributed by atoms with Crippen molar-refractivity contribution in [1.82, 2.24) is 15.5 Å². The van der Waals surface area contributed by atoms with Crippen LogP contribution < -0.4 is 20.1 Å². The summed E-state index contributed by atoms with van der Waals surface area (Å²) in [7, 11) is 2.95. The van der Waals surface area contributed by atoms with Crippen molar-refractivity contribution < 1.29 is 33.3 Å². The molecule has 0 spiro atoms. The normalized spacial score (nSPS) is 18.0. The number of amides is 4. The Bertz CT molecular complexity index is 751. The lowest BCUT2D eigenvalue weighted by atomic mass is 10.1. The van der Waals surface area contributed by atoms with Crippen molar-refractivity contribution in [3.05, 3.63) is 23.8 Å². The van der Waals surface area contributed by atoms with Crippen molar-refractivity contribution >= 4 is 17.8 Å². The Labute approximate surface area is 162 Å². The number of nitrogens with one attached hydrogen (secondary N) is 2. The van der Waals surface area contributed by atoms with Crippen molar-refractivity contribution in [3.63, 3.8) is 0 Å². The van der Waals surface area contributed by atoms with E-state index in [0.29, 0.717) is 11.5 Å². The lowest BCUT2D eigenvalue weighted by Crippen LogP contribution is -2.36. The SMILES string of the molecule is COC(CNC(=O)CC[C@H]1NC(=O)N(Cc2ccc3c(c2)OCO3)C1=O)OC. The molecule has 1 atom stereocenters. The maximum Gasteiger partial charge on any atom is 0.325 e. The molecule has 0 aliphatic carbocycles. The summed E-state index contributed by atoms with van der Waals surface area (Å²) >= 11 is 0. The molecule has 152 valence electrons. The predicted octanol–water partition coefficient (Wildman–Crippen LogP) is 0.351. The Hall–Kier alpha value is -2.85. The number of hydrogen-bond donors (Lipinski definition) is 2. The number of fused-ring (bicyclic) bond motifs is 1. The first-order valence-electron chi connectivity index (χ1n) is 8.84. The van der Waals surface area contributed by atoms with Crippen molar-refractivity contribution in [2.75, 3.05) is 27.6 Å². The second-order valence-electron chi connectivity index (χ2n) is 6.36. The zero-order valence-corrected chi connectivity index (χ0v) is 15.7. The predicted molar refractivity (Wildman–Crippen MR) is 95.5 cm³/mol. The number of urea groups is 1. The van der Waals surface area contributed by atoms with Crippen molar-refractivity contribution in [2.45, 2.75) is 31.7 Å². The fourth-order valence-corrected chi connectivity index (χ4v) is 2.97. The highest BCUT2D eigenvalue weighted by Crippen LogP contribution is 2.33. The minimum atomic E-state index is -0.729. The number of hydrogen-bond acceptors (Lipinski definition) is 7. The second-order valence-corrected chi connectivity index (χ2v) is 6.36. The Morgan fingerprint density at radius 1 is 1.29 bits per heavy atom. The average Bonchev–Trinajstić information content (AvgIpc) is 3.26. The molecule has 0 unspecified atom stereocenters. The minimum Gasteiger partial charge on any atom is -0.454 e. The van der Waals surface area contributed by atoms with Gasteiger partial charge in [-0.25, -0.2) is 4.79 Å². The topological polar surface area (TPSA) is 115 Å². The van der Waals surface area contributed by atoms with Gasteiger partial charge in [-0.2, -0.15) is 0 Å². The van der Waals surface area contributed by atoms with Crippen LogP contribution in [0.4, 0.5) is 4.79 Å². The summed E-state index contributed by atoms with van der Waals surface area (Å²) in [4.78, 5) is 37.8. The first-order chi connectivity index (χ1) is 13.5. The Kier molecular flexibility index (Phi) is 6.32. The number of rotatable bonds is 9. The molecule has 2 N–H and O–H groups in total. The van der Waals surface area contributed by atoms with Gasteiger partial charge in [0, 0.05) is 20.6 Å². The van der Waals surface area contributed by atoms with Crippen LogP contribution in [-0.4, -0.2) is 62.6 Å². The second kappa shape index (κ2) is 8.89. The van der Waals surface area contributed by atoms with Gasteiger partial charge in [0.2, 0.25) is 12.7 Å². The molecule has 1 fully saturated rings. The van der Waals surface area contributed by atoms with E-state index in [1.165, 1.54) is 14.2 Å². The van der Waals surface area contributed by atoms with Crippen LogP contribution in [0.25, 0.3) is 0 Å². The van der Waals surface area contributed by atoms with Gasteiger partial charge in [-0.05, 0) is 24.1 Å². The van der Waals surface area contributed by atoms with Crippen molar-refractivity contribution in [3.8, 4) is 11.5 Å². The van der Waals surface area contributed by atoms with E-state index in [1.54, 1.807) is 18.2 Å². The summed E-state index contributed by atoms with van der Waals surface area (Å²) in [5.74, 6) is 0.606. The number of ether oxygens (including phenoxy) is 4. The standard InChI is InChI=1S/C18H23N3O7/c1-25-16(26-2)8-19-15(22)6-4-12-17(23)21(18(24)20-12)9-11-3-5-13-14(7-11)28-10-27-13/h3,5,7,12,16H,4,6,8-10H2,1-2H3,(H,19,22)(H,20,24)/t12-/m1/s1. The summed E-state index contributed by atoms with van der Waals surface area (Å²) in [5, 5.41) is 5.28. The highest BCUT2D eigenvalue weighted by atomic mass is 16.7. The van der Waals surface area contributed by atoms with Gasteiger partial charge in [0.05, 0.1) is 13.1 Å². The molecule has 4 amide bonds. The minimum absolute atomic E-state index is 0.0920. The lowest BCUT2D eigenvalue weighted by Gasteiger charge is -2.15. The van der Waals surface area contributed by atoms with E-state index < -0.39 is 18.4 Å². The Morgan fingerprint density at radius 2 is 2.04 bits per heavy atom. The molecule has 10 nitrogen and oxygen atoms in total. The van der Waals surface area contributed by atoms with E-state index in [-0.39, 0.29) is 44.5 Å². The fourth-order valence-electron chi connectivity index (χ4n) is 2.97. The maximum atomic E-state index is 12.5. The van der Waals surface area contributed by atoms with Gasteiger partial charge in [-0.3, -0.25) is 14.5 Å². The lowest BCUT2D eigenvalue weighted by molar-refractivity contribution is -0.129. The molecule has 28 heavy (non-hydrogen) atoms. The Morgan fingerprint density at radius 3 is 2.79 bits per heavy atom. The third kappa shape index (κ3) is 4.52. The van der Waals surface area contributed by atoms with Gasteiger partial charge < -0.3 is 29.6 Å². The first kappa shape index (κ1) is 19.9. The fraction of sp³-hybridized carbons (Fsp3) is 0.500. The summed E-state index contributed by atoms with van der Waals surface area (Å²) in [6.07, 6.45) is -0.234. The number of methoxy groups -OCH3 is 2. The van der Waals surface area contributed by atoms with Gasteiger partial charge in [0.15, 0.2) is 17.8 Å². The highest BCUT2D eigenvalue weighted by Gasteiger charge is 2.38. The van der Waals surface area contributed by atoms with Crippen LogP contribution in [-0.2, 0) is 25.6 Å². The summed E-state index contributed by atoms with van der Waals surface area (Å²) < 4.78 is 20.5. The molecule has 1 aromatic carbocycles. The van der Waals surface area contributed by atoms with E-state index in [1.807, 2.05) is 0 Å². The third-order valence-electron chi connectivity index (χ3n) is 4.54. The number of benzene rings is 1. The zero-order valence-electron chi connectivity index (χ0n) is 15.7.